The highest BCUT2D eigenvalue weighted by molar-refractivity contribution is 5.89. The number of hydrogen-bond donors (Lipinski definition) is 1. The first-order chi connectivity index (χ1) is 12.5. The quantitative estimate of drug-likeness (QED) is 0.863. The molecule has 1 aliphatic heterocycles. The predicted octanol–water partition coefficient (Wildman–Crippen LogP) is 4.38. The molecule has 1 fully saturated rings. The molecule has 2 heterocycles. The van der Waals surface area contributed by atoms with Gasteiger partial charge in [0.2, 0.25) is 5.89 Å². The summed E-state index contributed by atoms with van der Waals surface area (Å²) in [5.74, 6) is 2.43. The highest BCUT2D eigenvalue weighted by atomic mass is 16.5. The summed E-state index contributed by atoms with van der Waals surface area (Å²) in [4.78, 5) is 18.6. The van der Waals surface area contributed by atoms with Crippen LogP contribution in [-0.4, -0.2) is 34.2 Å². The van der Waals surface area contributed by atoms with E-state index in [1.807, 2.05) is 17.0 Å². The maximum Gasteiger partial charge on any atom is 0.321 e. The molecule has 1 aliphatic rings. The Hall–Kier alpha value is -2.37. The van der Waals surface area contributed by atoms with Crippen molar-refractivity contribution in [1.29, 1.82) is 0 Å². The number of amides is 2. The molecular formula is C20H28N4O2. The molecule has 1 saturated heterocycles. The third-order valence-corrected chi connectivity index (χ3v) is 5.29. The number of likely N-dealkylation sites (tertiary alicyclic amines) is 1. The SMILES string of the molecule is CC[C@@H](C)c1ccc(NC(=O)N2CCC(Cc3noc(C)n3)CC2)cc1. The number of aryl methyl sites for hydroxylation is 1. The normalized spacial score (nSPS) is 16.5. The Morgan fingerprint density at radius 3 is 2.58 bits per heavy atom. The maximum atomic E-state index is 12.5. The number of nitrogens with one attached hydrogen (secondary N) is 1. The van der Waals surface area contributed by atoms with E-state index in [4.69, 9.17) is 4.52 Å². The Balaban J connectivity index is 1.47. The van der Waals surface area contributed by atoms with E-state index >= 15 is 0 Å². The van der Waals surface area contributed by atoms with Gasteiger partial charge in [0.25, 0.3) is 0 Å². The van der Waals surface area contributed by atoms with Gasteiger partial charge in [0.15, 0.2) is 5.82 Å². The molecule has 0 aliphatic carbocycles. The zero-order valence-corrected chi connectivity index (χ0v) is 15.9. The van der Waals surface area contributed by atoms with E-state index in [1.54, 1.807) is 6.92 Å². The molecule has 1 atom stereocenters. The van der Waals surface area contributed by atoms with Gasteiger partial charge in [0, 0.05) is 32.1 Å². The van der Waals surface area contributed by atoms with Crippen molar-refractivity contribution in [2.24, 2.45) is 5.92 Å². The summed E-state index contributed by atoms with van der Waals surface area (Å²) in [5.41, 5.74) is 2.16. The van der Waals surface area contributed by atoms with Crippen molar-refractivity contribution in [2.45, 2.75) is 52.4 Å². The summed E-state index contributed by atoms with van der Waals surface area (Å²) in [6, 6.07) is 8.16. The van der Waals surface area contributed by atoms with Crippen LogP contribution in [0.1, 0.15) is 56.3 Å². The first-order valence-corrected chi connectivity index (χ1v) is 9.50. The molecular weight excluding hydrogens is 328 g/mol. The number of carbonyl (C=O) groups is 1. The van der Waals surface area contributed by atoms with Crippen LogP contribution in [0.25, 0.3) is 0 Å². The average Bonchev–Trinajstić information content (AvgIpc) is 3.07. The summed E-state index contributed by atoms with van der Waals surface area (Å²) >= 11 is 0. The van der Waals surface area contributed by atoms with Crippen molar-refractivity contribution < 1.29 is 9.32 Å². The van der Waals surface area contributed by atoms with Crippen molar-refractivity contribution in [1.82, 2.24) is 15.0 Å². The molecule has 2 aromatic rings. The number of nitrogens with zero attached hydrogens (tertiary/aromatic N) is 3. The van der Waals surface area contributed by atoms with E-state index < -0.39 is 0 Å². The van der Waals surface area contributed by atoms with Gasteiger partial charge < -0.3 is 14.7 Å². The fourth-order valence-electron chi connectivity index (χ4n) is 3.36. The molecule has 1 N–H and O–H groups in total. The first-order valence-electron chi connectivity index (χ1n) is 9.50. The molecule has 26 heavy (non-hydrogen) atoms. The van der Waals surface area contributed by atoms with Gasteiger partial charge in [-0.3, -0.25) is 0 Å². The molecule has 0 spiro atoms. The van der Waals surface area contributed by atoms with Gasteiger partial charge in [-0.15, -0.1) is 0 Å². The van der Waals surface area contributed by atoms with Crippen LogP contribution in [0.15, 0.2) is 28.8 Å². The zero-order valence-electron chi connectivity index (χ0n) is 15.9. The molecule has 6 nitrogen and oxygen atoms in total. The van der Waals surface area contributed by atoms with Gasteiger partial charge in [-0.25, -0.2) is 4.79 Å². The van der Waals surface area contributed by atoms with Crippen LogP contribution < -0.4 is 5.32 Å². The fraction of sp³-hybridized carbons (Fsp3) is 0.550. The number of piperidine rings is 1. The lowest BCUT2D eigenvalue weighted by atomic mass is 9.93. The van der Waals surface area contributed by atoms with Gasteiger partial charge in [0.05, 0.1) is 0 Å². The summed E-state index contributed by atoms with van der Waals surface area (Å²) < 4.78 is 5.03. The minimum Gasteiger partial charge on any atom is -0.340 e. The van der Waals surface area contributed by atoms with E-state index in [0.29, 0.717) is 17.7 Å². The summed E-state index contributed by atoms with van der Waals surface area (Å²) in [5, 5.41) is 6.98. The van der Waals surface area contributed by atoms with E-state index in [0.717, 1.165) is 50.3 Å². The first kappa shape index (κ1) is 18.4. The molecule has 0 radical (unpaired) electrons. The molecule has 1 aromatic carbocycles. The molecule has 2 amide bonds. The molecule has 6 heteroatoms. The minimum absolute atomic E-state index is 0.0184. The van der Waals surface area contributed by atoms with Gasteiger partial charge >= 0.3 is 6.03 Å². The Bertz CT molecular complexity index is 718. The van der Waals surface area contributed by atoms with Crippen LogP contribution >= 0.6 is 0 Å². The highest BCUT2D eigenvalue weighted by Gasteiger charge is 2.24. The zero-order chi connectivity index (χ0) is 18.5. The predicted molar refractivity (Wildman–Crippen MR) is 101 cm³/mol. The Morgan fingerprint density at radius 1 is 1.31 bits per heavy atom. The standard InChI is InChI=1S/C20H28N4O2/c1-4-14(2)17-5-7-18(8-6-17)22-20(25)24-11-9-16(10-12-24)13-19-21-15(3)26-23-19/h5-8,14,16H,4,9-13H2,1-3H3,(H,22,25)/t14-/m1/s1. The monoisotopic (exact) mass is 356 g/mol. The van der Waals surface area contributed by atoms with Crippen LogP contribution in [0.3, 0.4) is 0 Å². The number of anilines is 1. The van der Waals surface area contributed by atoms with Gasteiger partial charge in [-0.1, -0.05) is 31.1 Å². The summed E-state index contributed by atoms with van der Waals surface area (Å²) in [7, 11) is 0. The number of carbonyl (C=O) groups excluding carboxylic acids is 1. The maximum absolute atomic E-state index is 12.5. The smallest absolute Gasteiger partial charge is 0.321 e. The van der Waals surface area contributed by atoms with Crippen molar-refractivity contribution in [3.05, 3.63) is 41.5 Å². The third kappa shape index (κ3) is 4.62. The van der Waals surface area contributed by atoms with E-state index in [9.17, 15) is 4.79 Å². The van der Waals surface area contributed by atoms with Crippen LogP contribution in [0.4, 0.5) is 10.5 Å². The Morgan fingerprint density at radius 2 is 2.00 bits per heavy atom. The van der Waals surface area contributed by atoms with Crippen molar-refractivity contribution >= 4 is 11.7 Å². The lowest BCUT2D eigenvalue weighted by Crippen LogP contribution is -2.41. The van der Waals surface area contributed by atoms with Gasteiger partial charge in [-0.05, 0) is 48.8 Å². The second-order valence-electron chi connectivity index (χ2n) is 7.23. The Kier molecular flexibility index (Phi) is 5.91. The van der Waals surface area contributed by atoms with Crippen molar-refractivity contribution in [3.63, 3.8) is 0 Å². The average molecular weight is 356 g/mol. The van der Waals surface area contributed by atoms with Crippen molar-refractivity contribution in [2.75, 3.05) is 18.4 Å². The van der Waals surface area contributed by atoms with Crippen LogP contribution in [0.2, 0.25) is 0 Å². The molecule has 0 bridgehead atoms. The molecule has 0 unspecified atom stereocenters. The van der Waals surface area contributed by atoms with Gasteiger partial charge in [-0.2, -0.15) is 4.98 Å². The molecule has 3 rings (SSSR count). The Labute approximate surface area is 155 Å². The highest BCUT2D eigenvalue weighted by Crippen LogP contribution is 2.23. The lowest BCUT2D eigenvalue weighted by Gasteiger charge is -2.31. The second-order valence-corrected chi connectivity index (χ2v) is 7.23. The number of benzene rings is 1. The molecule has 0 saturated carbocycles. The van der Waals surface area contributed by atoms with Gasteiger partial charge in [0.1, 0.15) is 0 Å². The largest absolute Gasteiger partial charge is 0.340 e. The summed E-state index contributed by atoms with van der Waals surface area (Å²) in [6.45, 7) is 7.73. The fourth-order valence-corrected chi connectivity index (χ4v) is 3.36. The number of hydrogen-bond acceptors (Lipinski definition) is 4. The lowest BCUT2D eigenvalue weighted by molar-refractivity contribution is 0.181. The van der Waals surface area contributed by atoms with Crippen LogP contribution in [0, 0.1) is 12.8 Å². The molecule has 1 aromatic heterocycles. The van der Waals surface area contributed by atoms with E-state index in [1.165, 1.54) is 5.56 Å². The molecule has 140 valence electrons. The second kappa shape index (κ2) is 8.34. The number of aromatic nitrogens is 2. The topological polar surface area (TPSA) is 71.3 Å². The van der Waals surface area contributed by atoms with Crippen LogP contribution in [0.5, 0.6) is 0 Å². The summed E-state index contributed by atoms with van der Waals surface area (Å²) in [6.07, 6.45) is 3.87. The minimum atomic E-state index is -0.0184. The number of urea groups is 1. The van der Waals surface area contributed by atoms with Crippen LogP contribution in [-0.2, 0) is 6.42 Å². The third-order valence-electron chi connectivity index (χ3n) is 5.29. The van der Waals surface area contributed by atoms with E-state index in [-0.39, 0.29) is 6.03 Å². The van der Waals surface area contributed by atoms with Crippen molar-refractivity contribution in [3.8, 4) is 0 Å². The number of rotatable bonds is 5. The van der Waals surface area contributed by atoms with E-state index in [2.05, 4.69) is 41.4 Å².